The van der Waals surface area contributed by atoms with Crippen molar-refractivity contribution >= 4 is 39.1 Å². The van der Waals surface area contributed by atoms with Crippen molar-refractivity contribution in [1.29, 1.82) is 0 Å². The molecule has 204 valence electrons. The Hall–Kier alpha value is -2.58. The first-order chi connectivity index (χ1) is 17.4. The van der Waals surface area contributed by atoms with Crippen LogP contribution in [0, 0.1) is 13.8 Å². The van der Waals surface area contributed by atoms with Crippen LogP contribution < -0.4 is 9.62 Å². The van der Waals surface area contributed by atoms with E-state index in [9.17, 15) is 18.0 Å². The molecule has 0 saturated carbocycles. The van der Waals surface area contributed by atoms with Crippen molar-refractivity contribution < 1.29 is 18.0 Å². The summed E-state index contributed by atoms with van der Waals surface area (Å²) in [6.45, 7) is 10.1. The summed E-state index contributed by atoms with van der Waals surface area (Å²) in [5.41, 5.74) is 3.51. The van der Waals surface area contributed by atoms with E-state index in [0.717, 1.165) is 23.1 Å². The van der Waals surface area contributed by atoms with Crippen LogP contribution in [0.4, 0.5) is 5.69 Å². The van der Waals surface area contributed by atoms with Gasteiger partial charge in [0.05, 0.1) is 11.9 Å². The monoisotopic (exact) mass is 549 g/mol. The van der Waals surface area contributed by atoms with Crippen molar-refractivity contribution in [2.24, 2.45) is 0 Å². The minimum absolute atomic E-state index is 0.00433. The van der Waals surface area contributed by atoms with Gasteiger partial charge in [0, 0.05) is 30.6 Å². The third kappa shape index (κ3) is 9.04. The van der Waals surface area contributed by atoms with E-state index in [1.54, 1.807) is 23.1 Å². The molecule has 0 aliphatic carbocycles. The number of nitrogens with one attached hydrogen (secondary N) is 1. The van der Waals surface area contributed by atoms with Crippen LogP contribution in [0.3, 0.4) is 0 Å². The first-order valence-corrected chi connectivity index (χ1v) is 15.0. The van der Waals surface area contributed by atoms with Gasteiger partial charge in [0.1, 0.15) is 6.04 Å². The maximum Gasteiger partial charge on any atom is 0.243 e. The maximum atomic E-state index is 13.5. The van der Waals surface area contributed by atoms with Gasteiger partial charge in [-0.25, -0.2) is 8.42 Å². The molecule has 2 aromatic carbocycles. The molecule has 2 rings (SSSR count). The zero-order valence-corrected chi connectivity index (χ0v) is 24.3. The van der Waals surface area contributed by atoms with Crippen molar-refractivity contribution in [3.05, 3.63) is 64.2 Å². The Morgan fingerprint density at radius 1 is 1.00 bits per heavy atom. The number of anilines is 1. The zero-order valence-electron chi connectivity index (χ0n) is 22.8. The largest absolute Gasteiger partial charge is 0.352 e. The van der Waals surface area contributed by atoms with Gasteiger partial charge in [-0.2, -0.15) is 0 Å². The Kier molecular flexibility index (Phi) is 11.4. The number of nitrogens with zero attached hydrogens (tertiary/aromatic N) is 2. The highest BCUT2D eigenvalue weighted by Gasteiger charge is 2.29. The molecule has 2 amide bonds. The molecule has 0 fully saturated rings. The molecular formula is C28H40ClN3O4S. The van der Waals surface area contributed by atoms with Gasteiger partial charge in [0.2, 0.25) is 21.8 Å². The molecule has 0 aliphatic rings. The minimum atomic E-state index is -3.54. The van der Waals surface area contributed by atoms with Gasteiger partial charge >= 0.3 is 0 Å². The third-order valence-corrected chi connectivity index (χ3v) is 8.03. The van der Waals surface area contributed by atoms with E-state index in [0.29, 0.717) is 23.6 Å². The first-order valence-electron chi connectivity index (χ1n) is 12.8. The second-order valence-electron chi connectivity index (χ2n) is 9.60. The molecule has 2 atom stereocenters. The molecule has 0 saturated heterocycles. The molecule has 0 unspecified atom stereocenters. The molecule has 0 radical (unpaired) electrons. The number of amides is 2. The smallest absolute Gasteiger partial charge is 0.243 e. The summed E-state index contributed by atoms with van der Waals surface area (Å²) in [7, 11) is -3.54. The lowest BCUT2D eigenvalue weighted by Crippen LogP contribution is -2.50. The zero-order chi connectivity index (χ0) is 27.8. The van der Waals surface area contributed by atoms with Crippen molar-refractivity contribution in [1.82, 2.24) is 10.2 Å². The normalized spacial score (nSPS) is 13.1. The number of benzene rings is 2. The lowest BCUT2D eigenvalue weighted by atomic mass is 10.1. The quantitative estimate of drug-likeness (QED) is 0.371. The molecule has 2 aromatic rings. The average molecular weight is 550 g/mol. The van der Waals surface area contributed by atoms with Gasteiger partial charge in [-0.05, 0) is 81.0 Å². The minimum Gasteiger partial charge on any atom is -0.352 e. The SMILES string of the molecule is CC[C@H](C)NC(=O)[C@H](CC)N(Cc1ccc(Cl)cc1)C(=O)CCCN(c1ccc(C)c(C)c1)S(C)(=O)=O. The van der Waals surface area contributed by atoms with Gasteiger partial charge in [0.15, 0.2) is 0 Å². The van der Waals surface area contributed by atoms with Crippen LogP contribution in [-0.2, 0) is 26.2 Å². The van der Waals surface area contributed by atoms with E-state index >= 15 is 0 Å². The average Bonchev–Trinajstić information content (AvgIpc) is 2.83. The number of carbonyl (C=O) groups is 2. The van der Waals surface area contributed by atoms with Crippen molar-refractivity contribution in [2.75, 3.05) is 17.1 Å². The fourth-order valence-corrected chi connectivity index (χ4v) is 5.11. The number of aryl methyl sites for hydroxylation is 2. The van der Waals surface area contributed by atoms with Crippen molar-refractivity contribution in [3.8, 4) is 0 Å². The Labute approximate surface area is 227 Å². The number of rotatable bonds is 13. The van der Waals surface area contributed by atoms with Crippen LogP contribution in [-0.4, -0.2) is 50.0 Å². The summed E-state index contributed by atoms with van der Waals surface area (Å²) in [4.78, 5) is 28.2. The number of hydrogen-bond acceptors (Lipinski definition) is 4. The Morgan fingerprint density at radius 3 is 2.19 bits per heavy atom. The summed E-state index contributed by atoms with van der Waals surface area (Å²) in [6.07, 6.45) is 2.84. The van der Waals surface area contributed by atoms with Gasteiger partial charge in [0.25, 0.3) is 0 Å². The Balaban J connectivity index is 2.23. The highest BCUT2D eigenvalue weighted by atomic mass is 35.5. The number of halogens is 1. The molecule has 0 bridgehead atoms. The van der Waals surface area contributed by atoms with Crippen LogP contribution in [0.15, 0.2) is 42.5 Å². The predicted octanol–water partition coefficient (Wildman–Crippen LogP) is 5.23. The summed E-state index contributed by atoms with van der Waals surface area (Å²) >= 11 is 6.03. The van der Waals surface area contributed by atoms with Gasteiger partial charge in [-0.1, -0.05) is 43.6 Å². The lowest BCUT2D eigenvalue weighted by molar-refractivity contribution is -0.141. The maximum absolute atomic E-state index is 13.5. The standard InChI is InChI=1S/C28H40ClN3O4S/c1-7-22(5)30-28(34)26(8-2)31(19-23-12-14-24(29)15-13-23)27(33)10-9-17-32(37(6,35)36)25-16-11-20(3)21(4)18-25/h11-16,18,22,26H,7-10,17,19H2,1-6H3,(H,30,34)/t22-,26-/m0/s1. The topological polar surface area (TPSA) is 86.8 Å². The Bertz CT molecular complexity index is 1170. The second-order valence-corrected chi connectivity index (χ2v) is 11.9. The number of sulfonamides is 1. The summed E-state index contributed by atoms with van der Waals surface area (Å²) in [5.74, 6) is -0.387. The third-order valence-electron chi connectivity index (χ3n) is 6.58. The number of carbonyl (C=O) groups excluding carboxylic acids is 2. The molecule has 0 spiro atoms. The molecule has 7 nitrogen and oxygen atoms in total. The molecule has 37 heavy (non-hydrogen) atoms. The van der Waals surface area contributed by atoms with Crippen LogP contribution in [0.1, 0.15) is 63.1 Å². The van der Waals surface area contributed by atoms with E-state index in [4.69, 9.17) is 11.6 Å². The fourth-order valence-electron chi connectivity index (χ4n) is 4.03. The molecular weight excluding hydrogens is 510 g/mol. The summed E-state index contributed by atoms with van der Waals surface area (Å²) in [5, 5.41) is 3.59. The van der Waals surface area contributed by atoms with E-state index in [1.807, 2.05) is 58.9 Å². The molecule has 0 aromatic heterocycles. The van der Waals surface area contributed by atoms with E-state index in [-0.39, 0.29) is 37.4 Å². The molecule has 0 heterocycles. The van der Waals surface area contributed by atoms with Gasteiger partial charge in [-0.3, -0.25) is 13.9 Å². The molecule has 9 heteroatoms. The van der Waals surface area contributed by atoms with Crippen LogP contribution in [0.2, 0.25) is 5.02 Å². The summed E-state index contributed by atoms with van der Waals surface area (Å²) < 4.78 is 26.4. The predicted molar refractivity (Wildman–Crippen MR) is 151 cm³/mol. The first kappa shape index (κ1) is 30.6. The lowest BCUT2D eigenvalue weighted by Gasteiger charge is -2.32. The van der Waals surface area contributed by atoms with E-state index in [1.165, 1.54) is 10.6 Å². The van der Waals surface area contributed by atoms with E-state index < -0.39 is 16.1 Å². The highest BCUT2D eigenvalue weighted by Crippen LogP contribution is 2.23. The highest BCUT2D eigenvalue weighted by molar-refractivity contribution is 7.92. The van der Waals surface area contributed by atoms with Crippen LogP contribution >= 0.6 is 11.6 Å². The molecule has 1 N–H and O–H groups in total. The van der Waals surface area contributed by atoms with Gasteiger partial charge < -0.3 is 10.2 Å². The van der Waals surface area contributed by atoms with Crippen LogP contribution in [0.25, 0.3) is 0 Å². The number of hydrogen-bond donors (Lipinski definition) is 1. The molecule has 0 aliphatic heterocycles. The Morgan fingerprint density at radius 2 is 1.65 bits per heavy atom. The second kappa shape index (κ2) is 13.8. The van der Waals surface area contributed by atoms with Crippen molar-refractivity contribution in [2.45, 2.75) is 78.9 Å². The van der Waals surface area contributed by atoms with Gasteiger partial charge in [-0.15, -0.1) is 0 Å². The summed E-state index contributed by atoms with van der Waals surface area (Å²) in [6, 6.07) is 12.1. The van der Waals surface area contributed by atoms with E-state index in [2.05, 4.69) is 5.32 Å². The van der Waals surface area contributed by atoms with Crippen molar-refractivity contribution in [3.63, 3.8) is 0 Å². The van der Waals surface area contributed by atoms with Crippen LogP contribution in [0.5, 0.6) is 0 Å². The fraction of sp³-hybridized carbons (Fsp3) is 0.500.